The predicted octanol–water partition coefficient (Wildman–Crippen LogP) is 0.0872. The van der Waals surface area contributed by atoms with E-state index < -0.39 is 5.97 Å². The lowest BCUT2D eigenvalue weighted by Gasteiger charge is -2.21. The molecule has 0 unspecified atom stereocenters. The van der Waals surface area contributed by atoms with E-state index in [0.29, 0.717) is 25.4 Å². The molecule has 1 amide bonds. The van der Waals surface area contributed by atoms with Crippen molar-refractivity contribution >= 4 is 11.9 Å². The number of carbonyl (C=O) groups is 2. The summed E-state index contributed by atoms with van der Waals surface area (Å²) in [6.45, 7) is 2.99. The van der Waals surface area contributed by atoms with E-state index in [-0.39, 0.29) is 11.6 Å². The molecule has 1 aliphatic heterocycles. The van der Waals surface area contributed by atoms with E-state index in [9.17, 15) is 9.59 Å². The molecule has 7 heteroatoms. The number of nitrogens with one attached hydrogen (secondary N) is 2. The van der Waals surface area contributed by atoms with E-state index in [4.69, 9.17) is 5.11 Å². The Bertz CT molecular complexity index is 466. The Hall–Kier alpha value is -1.89. The summed E-state index contributed by atoms with van der Waals surface area (Å²) in [6.07, 6.45) is 5.60. The Balaban J connectivity index is 1.66. The predicted molar refractivity (Wildman–Crippen MR) is 72.4 cm³/mol. The van der Waals surface area contributed by atoms with Gasteiger partial charge in [-0.2, -0.15) is 0 Å². The molecule has 0 saturated carbocycles. The molecule has 1 fully saturated rings. The number of rotatable bonds is 6. The number of nitrogens with zero attached hydrogens (tertiary/aromatic N) is 2. The van der Waals surface area contributed by atoms with Crippen LogP contribution in [0, 0.1) is 5.92 Å². The van der Waals surface area contributed by atoms with Crippen LogP contribution in [0.15, 0.2) is 12.5 Å². The van der Waals surface area contributed by atoms with Gasteiger partial charge in [0.15, 0.2) is 5.69 Å². The molecule has 2 heterocycles. The Morgan fingerprint density at radius 3 is 2.85 bits per heavy atom. The molecule has 3 N–H and O–H groups in total. The van der Waals surface area contributed by atoms with Crippen LogP contribution >= 0.6 is 0 Å². The van der Waals surface area contributed by atoms with Gasteiger partial charge in [-0.05, 0) is 31.8 Å². The molecule has 0 spiro atoms. The zero-order valence-electron chi connectivity index (χ0n) is 11.3. The average Bonchev–Trinajstić information content (AvgIpc) is 2.89. The van der Waals surface area contributed by atoms with Gasteiger partial charge in [-0.3, -0.25) is 4.79 Å². The summed E-state index contributed by atoms with van der Waals surface area (Å²) in [5.41, 5.74) is 0.0195. The molecule has 1 saturated heterocycles. The van der Waals surface area contributed by atoms with Crippen LogP contribution in [-0.4, -0.2) is 46.2 Å². The van der Waals surface area contributed by atoms with Crippen molar-refractivity contribution in [2.45, 2.75) is 25.8 Å². The number of carbonyl (C=O) groups excluding carboxylic acids is 1. The highest BCUT2D eigenvalue weighted by Gasteiger charge is 2.16. The third kappa shape index (κ3) is 4.34. The number of imidazole rings is 1. The lowest BCUT2D eigenvalue weighted by atomic mass is 9.94. The van der Waals surface area contributed by atoms with Crippen LogP contribution in [0.1, 0.15) is 29.8 Å². The van der Waals surface area contributed by atoms with Gasteiger partial charge in [0.05, 0.1) is 6.33 Å². The van der Waals surface area contributed by atoms with E-state index in [1.54, 1.807) is 4.57 Å². The van der Waals surface area contributed by atoms with Gasteiger partial charge in [0.25, 0.3) is 0 Å². The molecular formula is C13H20N4O3. The smallest absolute Gasteiger partial charge is 0.356 e. The maximum Gasteiger partial charge on any atom is 0.356 e. The third-order valence-corrected chi connectivity index (χ3v) is 3.48. The number of amides is 1. The molecule has 0 aliphatic carbocycles. The Morgan fingerprint density at radius 2 is 2.20 bits per heavy atom. The molecule has 110 valence electrons. The van der Waals surface area contributed by atoms with Gasteiger partial charge in [-0.1, -0.05) is 0 Å². The number of piperidine rings is 1. The second-order valence-electron chi connectivity index (χ2n) is 5.05. The number of hydrogen-bond acceptors (Lipinski definition) is 4. The molecule has 0 radical (unpaired) electrons. The van der Waals surface area contributed by atoms with Crippen molar-refractivity contribution in [3.63, 3.8) is 0 Å². The van der Waals surface area contributed by atoms with Gasteiger partial charge in [0.2, 0.25) is 5.91 Å². The zero-order valence-corrected chi connectivity index (χ0v) is 11.3. The highest BCUT2D eigenvalue weighted by molar-refractivity contribution is 5.84. The fourth-order valence-electron chi connectivity index (χ4n) is 2.34. The second-order valence-corrected chi connectivity index (χ2v) is 5.05. The van der Waals surface area contributed by atoms with Crippen LogP contribution in [0.25, 0.3) is 0 Å². The second kappa shape index (κ2) is 7.04. The van der Waals surface area contributed by atoms with E-state index in [1.807, 2.05) is 0 Å². The van der Waals surface area contributed by atoms with Gasteiger partial charge in [-0.25, -0.2) is 9.78 Å². The van der Waals surface area contributed by atoms with E-state index in [2.05, 4.69) is 15.6 Å². The molecule has 7 nitrogen and oxygen atoms in total. The number of carboxylic acid groups (broad SMARTS) is 1. The molecule has 1 aliphatic rings. The summed E-state index contributed by atoms with van der Waals surface area (Å²) in [6, 6.07) is 0. The summed E-state index contributed by atoms with van der Waals surface area (Å²) in [5, 5.41) is 14.9. The maximum absolute atomic E-state index is 11.8. The van der Waals surface area contributed by atoms with Crippen LogP contribution in [0.3, 0.4) is 0 Å². The molecule has 1 aromatic rings. The molecule has 0 bridgehead atoms. The Kier molecular flexibility index (Phi) is 5.11. The number of aromatic carboxylic acids is 1. The van der Waals surface area contributed by atoms with Crippen LogP contribution in [0.2, 0.25) is 0 Å². The van der Waals surface area contributed by atoms with E-state index >= 15 is 0 Å². The molecule has 0 aromatic carbocycles. The zero-order chi connectivity index (χ0) is 14.4. The molecule has 0 atom stereocenters. The minimum absolute atomic E-state index is 0.0195. The van der Waals surface area contributed by atoms with Crippen LogP contribution in [0.4, 0.5) is 0 Å². The van der Waals surface area contributed by atoms with Gasteiger partial charge in [-0.15, -0.1) is 0 Å². The molecular weight excluding hydrogens is 260 g/mol. The monoisotopic (exact) mass is 280 g/mol. The Labute approximate surface area is 117 Å². The fraction of sp³-hybridized carbons (Fsp3) is 0.615. The van der Waals surface area contributed by atoms with Crippen molar-refractivity contribution in [1.82, 2.24) is 20.2 Å². The lowest BCUT2D eigenvalue weighted by Crippen LogP contribution is -2.33. The number of aromatic nitrogens is 2. The molecule has 2 rings (SSSR count). The van der Waals surface area contributed by atoms with Gasteiger partial charge < -0.3 is 20.3 Å². The van der Waals surface area contributed by atoms with Gasteiger partial charge >= 0.3 is 5.97 Å². The first-order chi connectivity index (χ1) is 9.65. The molecule has 20 heavy (non-hydrogen) atoms. The highest BCUT2D eigenvalue weighted by Crippen LogP contribution is 2.15. The number of hydrogen-bond donors (Lipinski definition) is 3. The van der Waals surface area contributed by atoms with Crippen molar-refractivity contribution in [3.05, 3.63) is 18.2 Å². The maximum atomic E-state index is 11.8. The van der Waals surface area contributed by atoms with Crippen molar-refractivity contribution in [2.75, 3.05) is 19.6 Å². The molecule has 1 aromatic heterocycles. The van der Waals surface area contributed by atoms with Crippen LogP contribution in [-0.2, 0) is 11.3 Å². The van der Waals surface area contributed by atoms with Gasteiger partial charge in [0, 0.05) is 25.7 Å². The number of carboxylic acids is 1. The lowest BCUT2D eigenvalue weighted by molar-refractivity contribution is -0.122. The third-order valence-electron chi connectivity index (χ3n) is 3.48. The largest absolute Gasteiger partial charge is 0.476 e. The minimum Gasteiger partial charge on any atom is -0.476 e. The van der Waals surface area contributed by atoms with Crippen LogP contribution in [0.5, 0.6) is 0 Å². The van der Waals surface area contributed by atoms with E-state index in [1.165, 1.54) is 12.5 Å². The van der Waals surface area contributed by atoms with Crippen LogP contribution < -0.4 is 10.6 Å². The van der Waals surface area contributed by atoms with Crippen molar-refractivity contribution < 1.29 is 14.7 Å². The normalized spacial score (nSPS) is 16.0. The summed E-state index contributed by atoms with van der Waals surface area (Å²) < 4.78 is 1.66. The fourth-order valence-corrected chi connectivity index (χ4v) is 2.34. The van der Waals surface area contributed by atoms with E-state index in [0.717, 1.165) is 25.9 Å². The summed E-state index contributed by atoms with van der Waals surface area (Å²) in [7, 11) is 0. The summed E-state index contributed by atoms with van der Waals surface area (Å²) in [4.78, 5) is 26.2. The van der Waals surface area contributed by atoms with Crippen molar-refractivity contribution in [1.29, 1.82) is 0 Å². The summed E-state index contributed by atoms with van der Waals surface area (Å²) >= 11 is 0. The minimum atomic E-state index is -1.04. The SMILES string of the molecule is O=C(CC1CCNCC1)NCCn1cnc(C(=O)O)c1. The van der Waals surface area contributed by atoms with Crippen molar-refractivity contribution in [3.8, 4) is 0 Å². The van der Waals surface area contributed by atoms with Crippen molar-refractivity contribution in [2.24, 2.45) is 5.92 Å². The standard InChI is InChI=1S/C13H20N4O3/c18-12(7-10-1-3-14-4-2-10)15-5-6-17-8-11(13(19)20)16-9-17/h8-10,14H,1-7H2,(H,15,18)(H,19,20). The Morgan fingerprint density at radius 1 is 1.45 bits per heavy atom. The first kappa shape index (κ1) is 14.5. The first-order valence-electron chi connectivity index (χ1n) is 6.87. The van der Waals surface area contributed by atoms with Gasteiger partial charge in [0.1, 0.15) is 0 Å². The summed E-state index contributed by atoms with van der Waals surface area (Å²) in [5.74, 6) is -0.503. The quantitative estimate of drug-likeness (QED) is 0.686. The average molecular weight is 280 g/mol. The topological polar surface area (TPSA) is 96.3 Å². The highest BCUT2D eigenvalue weighted by atomic mass is 16.4. The first-order valence-corrected chi connectivity index (χ1v) is 6.87.